The van der Waals surface area contributed by atoms with E-state index in [1.807, 2.05) is 0 Å². The zero-order valence-electron chi connectivity index (χ0n) is 7.52. The van der Waals surface area contributed by atoms with Crippen molar-refractivity contribution in [2.24, 2.45) is 0 Å². The zero-order valence-corrected chi connectivity index (χ0v) is 7.52. The van der Waals surface area contributed by atoms with Crippen LogP contribution in [0.4, 0.5) is 13.2 Å². The van der Waals surface area contributed by atoms with Crippen LogP contribution in [0.1, 0.15) is 11.3 Å². The Hall–Kier alpha value is -1.52. The van der Waals surface area contributed by atoms with Gasteiger partial charge in [0.15, 0.2) is 0 Å². The van der Waals surface area contributed by atoms with E-state index >= 15 is 0 Å². The van der Waals surface area contributed by atoms with Gasteiger partial charge in [0.2, 0.25) is 0 Å². The summed E-state index contributed by atoms with van der Waals surface area (Å²) >= 11 is 0. The molecular weight excluding hydrogens is 193 g/mol. The molecule has 76 valence electrons. The van der Waals surface area contributed by atoms with Crippen molar-refractivity contribution >= 4 is 5.70 Å². The molecule has 1 rings (SSSR count). The molecule has 0 aliphatic carbocycles. The van der Waals surface area contributed by atoms with Crippen LogP contribution in [0.15, 0.2) is 24.9 Å². The summed E-state index contributed by atoms with van der Waals surface area (Å²) in [4.78, 5) is 3.76. The molecule has 1 aromatic heterocycles. The van der Waals surface area contributed by atoms with Gasteiger partial charge in [0.1, 0.15) is 0 Å². The number of nitrogens with zero attached hydrogens (tertiary/aromatic N) is 1. The third-order valence-electron chi connectivity index (χ3n) is 1.70. The monoisotopic (exact) mass is 202 g/mol. The first-order chi connectivity index (χ1) is 6.45. The molecular formula is C9H9F3N2. The molecule has 0 saturated heterocycles. The molecule has 0 fully saturated rings. The van der Waals surface area contributed by atoms with E-state index in [1.54, 1.807) is 7.05 Å². The van der Waals surface area contributed by atoms with E-state index in [0.29, 0.717) is 5.70 Å². The topological polar surface area (TPSA) is 24.9 Å². The van der Waals surface area contributed by atoms with Crippen molar-refractivity contribution in [3.05, 3.63) is 36.2 Å². The highest BCUT2D eigenvalue weighted by Crippen LogP contribution is 2.29. The molecule has 2 nitrogen and oxygen atoms in total. The van der Waals surface area contributed by atoms with E-state index in [9.17, 15) is 13.2 Å². The molecule has 14 heavy (non-hydrogen) atoms. The highest BCUT2D eigenvalue weighted by Gasteiger charge is 2.30. The van der Waals surface area contributed by atoms with Gasteiger partial charge in [-0.1, -0.05) is 6.58 Å². The molecule has 0 saturated carbocycles. The summed E-state index contributed by atoms with van der Waals surface area (Å²) in [5, 5.41) is 2.64. The zero-order chi connectivity index (χ0) is 10.8. The second-order valence-electron chi connectivity index (χ2n) is 2.66. The highest BCUT2D eigenvalue weighted by atomic mass is 19.4. The Morgan fingerprint density at radius 3 is 2.64 bits per heavy atom. The first-order valence-electron chi connectivity index (χ1n) is 3.85. The maximum absolute atomic E-state index is 12.3. The van der Waals surface area contributed by atoms with Gasteiger partial charge in [0.25, 0.3) is 0 Å². The summed E-state index contributed by atoms with van der Waals surface area (Å²) in [5.74, 6) is 0. The summed E-state index contributed by atoms with van der Waals surface area (Å²) in [7, 11) is 1.57. The lowest BCUT2D eigenvalue weighted by molar-refractivity contribution is -0.137. The quantitative estimate of drug-likeness (QED) is 0.795. The summed E-state index contributed by atoms with van der Waals surface area (Å²) in [5.41, 5.74) is -0.169. The number of hydrogen-bond acceptors (Lipinski definition) is 2. The molecule has 0 atom stereocenters. The van der Waals surface area contributed by atoms with E-state index in [2.05, 4.69) is 16.9 Å². The van der Waals surface area contributed by atoms with E-state index < -0.39 is 11.7 Å². The fourth-order valence-electron chi connectivity index (χ4n) is 0.900. The van der Waals surface area contributed by atoms with Crippen LogP contribution >= 0.6 is 0 Å². The van der Waals surface area contributed by atoms with Gasteiger partial charge in [-0.05, 0) is 12.1 Å². The van der Waals surface area contributed by atoms with Crippen LogP contribution in [0.5, 0.6) is 0 Å². The summed E-state index contributed by atoms with van der Waals surface area (Å²) in [6, 6.07) is 1.88. The van der Waals surface area contributed by atoms with E-state index in [4.69, 9.17) is 0 Å². The second-order valence-corrected chi connectivity index (χ2v) is 2.66. The van der Waals surface area contributed by atoms with Crippen LogP contribution < -0.4 is 5.32 Å². The molecule has 0 amide bonds. The molecule has 0 radical (unpaired) electrons. The Kier molecular flexibility index (Phi) is 2.78. The lowest BCUT2D eigenvalue weighted by Crippen LogP contribution is -2.09. The van der Waals surface area contributed by atoms with Gasteiger partial charge in [0, 0.05) is 13.2 Å². The highest BCUT2D eigenvalue weighted by molar-refractivity contribution is 5.58. The third kappa shape index (κ3) is 2.25. The Labute approximate surface area is 79.5 Å². The van der Waals surface area contributed by atoms with Crippen LogP contribution in [-0.2, 0) is 6.18 Å². The van der Waals surface area contributed by atoms with Gasteiger partial charge in [0.05, 0.1) is 17.0 Å². The minimum absolute atomic E-state index is 0.197. The van der Waals surface area contributed by atoms with Crippen molar-refractivity contribution in [1.29, 1.82) is 0 Å². The molecule has 0 spiro atoms. The average Bonchev–Trinajstić information content (AvgIpc) is 2.15. The molecule has 0 unspecified atom stereocenters. The normalized spacial score (nSPS) is 11.1. The average molecular weight is 202 g/mol. The van der Waals surface area contributed by atoms with Crippen molar-refractivity contribution in [3.8, 4) is 0 Å². The fraction of sp³-hybridized carbons (Fsp3) is 0.222. The van der Waals surface area contributed by atoms with Crippen molar-refractivity contribution in [2.45, 2.75) is 6.18 Å². The molecule has 1 heterocycles. The van der Waals surface area contributed by atoms with Crippen molar-refractivity contribution in [1.82, 2.24) is 10.3 Å². The second kappa shape index (κ2) is 3.69. The van der Waals surface area contributed by atoms with Crippen LogP contribution in [0.2, 0.25) is 0 Å². The Balaban J connectivity index is 3.08. The molecule has 0 aromatic carbocycles. The summed E-state index contributed by atoms with van der Waals surface area (Å²) in [6.45, 7) is 3.53. The van der Waals surface area contributed by atoms with Crippen LogP contribution in [0.3, 0.4) is 0 Å². The van der Waals surface area contributed by atoms with Gasteiger partial charge in [-0.2, -0.15) is 13.2 Å². The maximum atomic E-state index is 12.3. The minimum Gasteiger partial charge on any atom is -0.387 e. The molecule has 0 bridgehead atoms. The van der Waals surface area contributed by atoms with Gasteiger partial charge >= 0.3 is 6.18 Å². The Morgan fingerprint density at radius 1 is 1.50 bits per heavy atom. The minimum atomic E-state index is -4.34. The number of hydrogen-bond donors (Lipinski definition) is 1. The first-order valence-corrected chi connectivity index (χ1v) is 3.85. The predicted molar refractivity (Wildman–Crippen MR) is 47.3 cm³/mol. The van der Waals surface area contributed by atoms with E-state index in [-0.39, 0.29) is 5.69 Å². The van der Waals surface area contributed by atoms with Crippen LogP contribution in [-0.4, -0.2) is 12.0 Å². The SMILES string of the molecule is C=C(NC)c1cc(C(F)(F)F)ccn1. The lowest BCUT2D eigenvalue weighted by atomic mass is 10.2. The van der Waals surface area contributed by atoms with Gasteiger partial charge in [-0.15, -0.1) is 0 Å². The van der Waals surface area contributed by atoms with E-state index in [0.717, 1.165) is 18.3 Å². The molecule has 1 N–H and O–H groups in total. The maximum Gasteiger partial charge on any atom is 0.416 e. The summed E-state index contributed by atoms with van der Waals surface area (Å²) < 4.78 is 36.8. The van der Waals surface area contributed by atoms with Crippen LogP contribution in [0.25, 0.3) is 5.70 Å². The lowest BCUT2D eigenvalue weighted by Gasteiger charge is -2.08. The Morgan fingerprint density at radius 2 is 2.14 bits per heavy atom. The molecule has 0 aliphatic rings. The van der Waals surface area contributed by atoms with Gasteiger partial charge < -0.3 is 5.32 Å². The number of pyridine rings is 1. The van der Waals surface area contributed by atoms with Gasteiger partial charge in [-0.25, -0.2) is 0 Å². The largest absolute Gasteiger partial charge is 0.416 e. The number of aromatic nitrogens is 1. The van der Waals surface area contributed by atoms with Crippen molar-refractivity contribution in [2.75, 3.05) is 7.05 Å². The third-order valence-corrected chi connectivity index (χ3v) is 1.70. The summed E-state index contributed by atoms with van der Waals surface area (Å²) in [6.07, 6.45) is -3.23. The number of halogens is 3. The predicted octanol–water partition coefficient (Wildman–Crippen LogP) is 2.29. The number of nitrogens with one attached hydrogen (secondary N) is 1. The van der Waals surface area contributed by atoms with Crippen molar-refractivity contribution < 1.29 is 13.2 Å². The first kappa shape index (κ1) is 10.6. The van der Waals surface area contributed by atoms with Gasteiger partial charge in [-0.3, -0.25) is 4.98 Å². The number of rotatable bonds is 2. The van der Waals surface area contributed by atoms with Crippen LogP contribution in [0, 0.1) is 0 Å². The Bertz CT molecular complexity index is 344. The number of alkyl halides is 3. The molecule has 1 aromatic rings. The van der Waals surface area contributed by atoms with Crippen molar-refractivity contribution in [3.63, 3.8) is 0 Å². The standard InChI is InChI=1S/C9H9F3N2/c1-6(13-2)8-5-7(3-4-14-8)9(10,11)12/h3-5,13H,1H2,2H3. The smallest absolute Gasteiger partial charge is 0.387 e. The van der Waals surface area contributed by atoms with E-state index in [1.165, 1.54) is 0 Å². The molecule has 5 heteroatoms. The molecule has 0 aliphatic heterocycles. The fourth-order valence-corrected chi connectivity index (χ4v) is 0.900.